The molecule has 0 heterocycles. The van der Waals surface area contributed by atoms with Crippen LogP contribution in [0.2, 0.25) is 0 Å². The zero-order valence-electron chi connectivity index (χ0n) is 36.3. The minimum atomic E-state index is -0.114. The molecule has 0 aliphatic carbocycles. The van der Waals surface area contributed by atoms with Crippen molar-refractivity contribution in [3.63, 3.8) is 0 Å². The molecule has 8 nitrogen and oxygen atoms in total. The molecule has 2 N–H and O–H groups in total. The number of aliphatic hydroxyl groups excluding tert-OH is 2. The number of carbonyl (C=O) groups excluding carboxylic acids is 2. The maximum absolute atomic E-state index is 12.6. The van der Waals surface area contributed by atoms with Crippen LogP contribution in [0, 0.1) is 5.92 Å². The molecule has 8 heteroatoms. The Morgan fingerprint density at radius 2 is 0.815 bits per heavy atom. The molecule has 0 unspecified atom stereocenters. The molecule has 0 bridgehead atoms. The first kappa shape index (κ1) is 52.8. The fourth-order valence-corrected chi connectivity index (χ4v) is 7.39. The van der Waals surface area contributed by atoms with Crippen molar-refractivity contribution >= 4 is 11.9 Å². The Balaban J connectivity index is 4.23. The van der Waals surface area contributed by atoms with Crippen LogP contribution < -0.4 is 0 Å². The molecule has 0 rings (SSSR count). The largest absolute Gasteiger partial charge is 0.466 e. The molecule has 0 fully saturated rings. The number of hydrogen-bond donors (Lipinski definition) is 2. The summed E-state index contributed by atoms with van der Waals surface area (Å²) in [5.41, 5.74) is 0. The molecule has 0 atom stereocenters. The Morgan fingerprint density at radius 3 is 1.31 bits per heavy atom. The van der Waals surface area contributed by atoms with Crippen LogP contribution in [0.15, 0.2) is 0 Å². The SMILES string of the molecule is CCCCCCCCCCCOC(=O)CCCN(CCO)CCCN(CCO)CCCCCC(=O)OCC(CCCCCCCC)CCCCCCCC. The van der Waals surface area contributed by atoms with Gasteiger partial charge in [0.15, 0.2) is 0 Å². The second-order valence-electron chi connectivity index (χ2n) is 16.1. The Labute approximate surface area is 335 Å². The summed E-state index contributed by atoms with van der Waals surface area (Å²) in [7, 11) is 0. The van der Waals surface area contributed by atoms with E-state index in [9.17, 15) is 19.8 Å². The van der Waals surface area contributed by atoms with Crippen LogP contribution in [-0.4, -0.2) is 97.6 Å². The lowest BCUT2D eigenvalue weighted by Gasteiger charge is -2.25. The predicted octanol–water partition coefficient (Wildman–Crippen LogP) is 11.0. The van der Waals surface area contributed by atoms with Gasteiger partial charge >= 0.3 is 11.9 Å². The van der Waals surface area contributed by atoms with Gasteiger partial charge in [0.1, 0.15) is 0 Å². The number of rotatable bonds is 44. The molecule has 0 aromatic rings. The zero-order chi connectivity index (χ0) is 39.6. The van der Waals surface area contributed by atoms with Crippen LogP contribution >= 0.6 is 0 Å². The van der Waals surface area contributed by atoms with Gasteiger partial charge in [-0.2, -0.15) is 0 Å². The van der Waals surface area contributed by atoms with Gasteiger partial charge in [-0.25, -0.2) is 0 Å². The van der Waals surface area contributed by atoms with E-state index in [0.717, 1.165) is 71.1 Å². The number of carbonyl (C=O) groups is 2. The van der Waals surface area contributed by atoms with Crippen LogP contribution in [-0.2, 0) is 19.1 Å². The van der Waals surface area contributed by atoms with E-state index < -0.39 is 0 Å². The summed E-state index contributed by atoms with van der Waals surface area (Å²) in [5, 5.41) is 19.2. The molecular weight excluding hydrogens is 677 g/mol. The Hall–Kier alpha value is -1.22. The molecule has 0 amide bonds. The molecule has 0 aromatic heterocycles. The van der Waals surface area contributed by atoms with Gasteiger partial charge in [-0.3, -0.25) is 9.59 Å². The van der Waals surface area contributed by atoms with E-state index in [1.54, 1.807) is 0 Å². The fraction of sp³-hybridized carbons (Fsp3) is 0.957. The topological polar surface area (TPSA) is 99.5 Å². The first-order valence-electron chi connectivity index (χ1n) is 23.5. The van der Waals surface area contributed by atoms with E-state index in [4.69, 9.17) is 9.47 Å². The van der Waals surface area contributed by atoms with E-state index in [-0.39, 0.29) is 25.2 Å². The molecule has 0 aliphatic heterocycles. The lowest BCUT2D eigenvalue weighted by atomic mass is 9.94. The first-order valence-corrected chi connectivity index (χ1v) is 23.5. The van der Waals surface area contributed by atoms with Crippen LogP contribution in [0.25, 0.3) is 0 Å². The molecular formula is C46H92N2O6. The van der Waals surface area contributed by atoms with E-state index in [0.29, 0.717) is 45.1 Å². The second kappa shape index (κ2) is 42.9. The van der Waals surface area contributed by atoms with Gasteiger partial charge < -0.3 is 29.5 Å². The summed E-state index contributed by atoms with van der Waals surface area (Å²) in [6.45, 7) is 12.8. The van der Waals surface area contributed by atoms with E-state index in [2.05, 4.69) is 30.6 Å². The van der Waals surface area contributed by atoms with Gasteiger partial charge in [-0.05, 0) is 77.0 Å². The number of aliphatic hydroxyl groups is 2. The standard InChI is InChI=1S/C46H92N2O6/c1-4-7-10-13-16-17-18-21-27-42-53-45(51)33-28-35-48(39-41-50)37-29-36-47(38-40-49)34-26-22-25-32-46(52)54-43-44(30-23-19-14-11-8-5-2)31-24-20-15-12-9-6-3/h44,49-50H,4-43H2,1-3H3. The summed E-state index contributed by atoms with van der Waals surface area (Å²) in [4.78, 5) is 29.4. The molecule has 0 aromatic carbocycles. The Morgan fingerprint density at radius 1 is 0.426 bits per heavy atom. The molecule has 0 radical (unpaired) electrons. The van der Waals surface area contributed by atoms with Gasteiger partial charge in [0.2, 0.25) is 0 Å². The smallest absolute Gasteiger partial charge is 0.305 e. The maximum atomic E-state index is 12.6. The van der Waals surface area contributed by atoms with Crippen molar-refractivity contribution in [1.29, 1.82) is 0 Å². The van der Waals surface area contributed by atoms with E-state index >= 15 is 0 Å². The van der Waals surface area contributed by atoms with Crippen LogP contribution in [0.3, 0.4) is 0 Å². The summed E-state index contributed by atoms with van der Waals surface area (Å²) in [6.07, 6.45) is 34.7. The highest BCUT2D eigenvalue weighted by atomic mass is 16.5. The summed E-state index contributed by atoms with van der Waals surface area (Å²) in [6, 6.07) is 0. The maximum Gasteiger partial charge on any atom is 0.305 e. The van der Waals surface area contributed by atoms with Gasteiger partial charge in [0, 0.05) is 25.9 Å². The van der Waals surface area contributed by atoms with Gasteiger partial charge in [-0.1, -0.05) is 156 Å². The summed E-state index contributed by atoms with van der Waals surface area (Å²) in [5.74, 6) is 0.341. The fourth-order valence-electron chi connectivity index (χ4n) is 7.39. The number of unbranched alkanes of at least 4 members (excludes halogenated alkanes) is 20. The highest BCUT2D eigenvalue weighted by Crippen LogP contribution is 2.20. The Kier molecular flexibility index (Phi) is 41.9. The number of nitrogens with zero attached hydrogens (tertiary/aromatic N) is 2. The third-order valence-corrected chi connectivity index (χ3v) is 10.9. The highest BCUT2D eigenvalue weighted by molar-refractivity contribution is 5.69. The normalized spacial score (nSPS) is 11.7. The van der Waals surface area contributed by atoms with Crippen LogP contribution in [0.5, 0.6) is 0 Å². The van der Waals surface area contributed by atoms with Crippen LogP contribution in [0.1, 0.15) is 213 Å². The summed E-state index contributed by atoms with van der Waals surface area (Å²) < 4.78 is 11.3. The number of hydrogen-bond acceptors (Lipinski definition) is 8. The predicted molar refractivity (Wildman–Crippen MR) is 228 cm³/mol. The number of esters is 2. The summed E-state index contributed by atoms with van der Waals surface area (Å²) >= 11 is 0. The quantitative estimate of drug-likeness (QED) is 0.0467. The van der Waals surface area contributed by atoms with Crippen molar-refractivity contribution in [3.05, 3.63) is 0 Å². The average Bonchev–Trinajstić information content (AvgIpc) is 3.16. The molecule has 0 saturated carbocycles. The van der Waals surface area contributed by atoms with Gasteiger partial charge in [-0.15, -0.1) is 0 Å². The van der Waals surface area contributed by atoms with Crippen molar-refractivity contribution < 1.29 is 29.3 Å². The van der Waals surface area contributed by atoms with Crippen molar-refractivity contribution in [2.45, 2.75) is 213 Å². The lowest BCUT2D eigenvalue weighted by Crippen LogP contribution is -2.34. The number of ether oxygens (including phenoxy) is 2. The third kappa shape index (κ3) is 37.7. The van der Waals surface area contributed by atoms with Gasteiger partial charge in [0.05, 0.1) is 26.4 Å². The Bertz CT molecular complexity index is 768. The van der Waals surface area contributed by atoms with Crippen molar-refractivity contribution in [2.75, 3.05) is 65.7 Å². The minimum absolute atomic E-state index is 0.0471. The van der Waals surface area contributed by atoms with Crippen molar-refractivity contribution in [2.24, 2.45) is 5.92 Å². The third-order valence-electron chi connectivity index (χ3n) is 10.9. The molecule has 54 heavy (non-hydrogen) atoms. The minimum Gasteiger partial charge on any atom is -0.466 e. The van der Waals surface area contributed by atoms with Crippen LogP contribution in [0.4, 0.5) is 0 Å². The average molecular weight is 769 g/mol. The van der Waals surface area contributed by atoms with E-state index in [1.807, 2.05) is 0 Å². The molecule has 322 valence electrons. The van der Waals surface area contributed by atoms with Crippen molar-refractivity contribution in [3.8, 4) is 0 Å². The molecule has 0 saturated heterocycles. The molecule has 0 aliphatic rings. The van der Waals surface area contributed by atoms with Crippen molar-refractivity contribution in [1.82, 2.24) is 9.80 Å². The van der Waals surface area contributed by atoms with E-state index in [1.165, 1.54) is 135 Å². The lowest BCUT2D eigenvalue weighted by molar-refractivity contribution is -0.145. The molecule has 0 spiro atoms. The second-order valence-corrected chi connectivity index (χ2v) is 16.1. The zero-order valence-corrected chi connectivity index (χ0v) is 36.3. The van der Waals surface area contributed by atoms with Gasteiger partial charge in [0.25, 0.3) is 0 Å². The monoisotopic (exact) mass is 769 g/mol. The highest BCUT2D eigenvalue weighted by Gasteiger charge is 2.13. The first-order chi connectivity index (χ1) is 26.5.